The molecule has 5 rings (SSSR count). The van der Waals surface area contributed by atoms with Gasteiger partial charge in [-0.1, -0.05) is 53.6 Å². The Kier molecular flexibility index (Phi) is 6.25. The van der Waals surface area contributed by atoms with Crippen LogP contribution in [0, 0.1) is 13.8 Å². The summed E-state index contributed by atoms with van der Waals surface area (Å²) in [6, 6.07) is 14.3. The van der Waals surface area contributed by atoms with Crippen molar-refractivity contribution in [2.24, 2.45) is 7.05 Å². The Hall–Kier alpha value is -3.36. The van der Waals surface area contributed by atoms with Crippen LogP contribution >= 0.6 is 11.6 Å². The fourth-order valence-corrected chi connectivity index (χ4v) is 4.92. The first-order valence-corrected chi connectivity index (χ1v) is 12.2. The van der Waals surface area contributed by atoms with E-state index in [4.69, 9.17) is 16.6 Å². The molecule has 0 atom stereocenters. The van der Waals surface area contributed by atoms with Gasteiger partial charge in [0.25, 0.3) is 5.56 Å². The highest BCUT2D eigenvalue weighted by molar-refractivity contribution is 6.31. The second-order valence-corrected chi connectivity index (χ2v) is 9.68. The molecule has 0 unspecified atom stereocenters. The summed E-state index contributed by atoms with van der Waals surface area (Å²) in [5.74, 6) is 0.713. The normalized spacial score (nSPS) is 14.7. The van der Waals surface area contributed by atoms with Crippen molar-refractivity contribution < 1.29 is 0 Å². The van der Waals surface area contributed by atoms with Gasteiger partial charge in [0.2, 0.25) is 5.95 Å². The number of nitrogens with zero attached hydrogens (tertiary/aromatic N) is 5. The maximum Gasteiger partial charge on any atom is 0.329 e. The number of piperazine rings is 1. The molecule has 0 bridgehead atoms. The van der Waals surface area contributed by atoms with Crippen LogP contribution in [0.15, 0.2) is 52.1 Å². The van der Waals surface area contributed by atoms with Crippen LogP contribution in [-0.4, -0.2) is 50.2 Å². The van der Waals surface area contributed by atoms with Crippen molar-refractivity contribution in [2.45, 2.75) is 26.9 Å². The van der Waals surface area contributed by atoms with Crippen LogP contribution < -0.4 is 16.1 Å². The topological polar surface area (TPSA) is 79.2 Å². The van der Waals surface area contributed by atoms with Crippen LogP contribution in [0.25, 0.3) is 11.2 Å². The van der Waals surface area contributed by atoms with Gasteiger partial charge in [0, 0.05) is 44.8 Å². The summed E-state index contributed by atoms with van der Waals surface area (Å²) >= 11 is 6.37. The number of aromatic nitrogens is 4. The molecule has 1 saturated heterocycles. The van der Waals surface area contributed by atoms with Crippen LogP contribution in [0.4, 0.5) is 5.95 Å². The predicted molar refractivity (Wildman–Crippen MR) is 140 cm³/mol. The third-order valence-corrected chi connectivity index (χ3v) is 7.20. The minimum atomic E-state index is -0.463. The van der Waals surface area contributed by atoms with Crippen molar-refractivity contribution in [1.82, 2.24) is 24.0 Å². The van der Waals surface area contributed by atoms with Gasteiger partial charge in [0.1, 0.15) is 0 Å². The zero-order chi connectivity index (χ0) is 24.7. The van der Waals surface area contributed by atoms with Crippen LogP contribution in [0.5, 0.6) is 0 Å². The molecule has 3 heterocycles. The lowest BCUT2D eigenvalue weighted by Crippen LogP contribution is -2.47. The SMILES string of the molecule is Cc1ccc(C)c(Cn2c(N3CCN(Cc4ccccc4Cl)CC3)nc3c2c(=O)[nH]c(=O)n3C)c1. The molecule has 2 aromatic carbocycles. The van der Waals surface area contributed by atoms with Crippen LogP contribution in [0.1, 0.15) is 22.3 Å². The maximum absolute atomic E-state index is 12.9. The Balaban J connectivity index is 1.49. The van der Waals surface area contributed by atoms with E-state index in [1.165, 1.54) is 4.57 Å². The highest BCUT2D eigenvalue weighted by Crippen LogP contribution is 2.25. The van der Waals surface area contributed by atoms with Gasteiger partial charge in [-0.25, -0.2) is 4.79 Å². The van der Waals surface area contributed by atoms with Crippen molar-refractivity contribution in [3.63, 3.8) is 0 Å². The number of fused-ring (bicyclic) bond motifs is 1. The number of aromatic amines is 1. The fraction of sp³-hybridized carbons (Fsp3) is 0.346. The van der Waals surface area contributed by atoms with Gasteiger partial charge >= 0.3 is 5.69 Å². The zero-order valence-corrected chi connectivity index (χ0v) is 21.0. The molecular formula is C26H29ClN6O2. The molecule has 0 aliphatic carbocycles. The number of nitrogens with one attached hydrogen (secondary N) is 1. The fourth-order valence-electron chi connectivity index (χ4n) is 4.73. The van der Waals surface area contributed by atoms with Gasteiger partial charge in [0.15, 0.2) is 11.2 Å². The first-order valence-electron chi connectivity index (χ1n) is 11.8. The molecule has 4 aromatic rings. The molecular weight excluding hydrogens is 464 g/mol. The minimum Gasteiger partial charge on any atom is -0.340 e. The number of hydrogen-bond acceptors (Lipinski definition) is 5. The summed E-state index contributed by atoms with van der Waals surface area (Å²) in [6.45, 7) is 8.62. The van der Waals surface area contributed by atoms with Gasteiger partial charge < -0.3 is 4.90 Å². The summed E-state index contributed by atoms with van der Waals surface area (Å²) in [7, 11) is 1.64. The standard InChI is InChI=1S/C26H29ClN6O2/c1-17-8-9-18(2)20(14-17)16-33-22-23(30(3)26(35)29-24(22)34)28-25(33)32-12-10-31(11-13-32)15-19-6-4-5-7-21(19)27/h4-9,14H,10-13,15-16H2,1-3H3,(H,29,34,35). The second-order valence-electron chi connectivity index (χ2n) is 9.27. The Morgan fingerprint density at radius 2 is 1.71 bits per heavy atom. The Bertz CT molecular complexity index is 1510. The number of aryl methyl sites for hydroxylation is 3. The lowest BCUT2D eigenvalue weighted by atomic mass is 10.1. The maximum atomic E-state index is 12.9. The van der Waals surface area contributed by atoms with Gasteiger partial charge in [-0.05, 0) is 36.6 Å². The molecule has 182 valence electrons. The zero-order valence-electron chi connectivity index (χ0n) is 20.2. The third-order valence-electron chi connectivity index (χ3n) is 6.83. The first kappa shape index (κ1) is 23.4. The third kappa shape index (κ3) is 4.51. The quantitative estimate of drug-likeness (QED) is 0.463. The lowest BCUT2D eigenvalue weighted by Gasteiger charge is -2.35. The molecule has 1 aliphatic heterocycles. The summed E-state index contributed by atoms with van der Waals surface area (Å²) in [5.41, 5.74) is 4.49. The number of H-pyrrole nitrogens is 1. The van der Waals surface area contributed by atoms with Crippen LogP contribution in [0.2, 0.25) is 5.02 Å². The van der Waals surface area contributed by atoms with E-state index in [0.717, 1.165) is 60.0 Å². The molecule has 1 aliphatic rings. The van der Waals surface area contributed by atoms with Crippen LogP contribution in [0.3, 0.4) is 0 Å². The van der Waals surface area contributed by atoms with E-state index in [-0.39, 0.29) is 0 Å². The molecule has 0 saturated carbocycles. The predicted octanol–water partition coefficient (Wildman–Crippen LogP) is 3.06. The van der Waals surface area contributed by atoms with Crippen molar-refractivity contribution in [3.05, 3.63) is 90.6 Å². The van der Waals surface area contributed by atoms with Crippen molar-refractivity contribution >= 4 is 28.7 Å². The van der Waals surface area contributed by atoms with E-state index in [1.54, 1.807) is 7.05 Å². The van der Waals surface area contributed by atoms with Crippen molar-refractivity contribution in [1.29, 1.82) is 0 Å². The summed E-state index contributed by atoms with van der Waals surface area (Å²) in [4.78, 5) is 37.0. The number of rotatable bonds is 5. The molecule has 8 nitrogen and oxygen atoms in total. The number of anilines is 1. The van der Waals surface area contributed by atoms with Crippen molar-refractivity contribution in [3.8, 4) is 0 Å². The molecule has 1 fully saturated rings. The average molecular weight is 493 g/mol. The summed E-state index contributed by atoms with van der Waals surface area (Å²) in [5, 5.41) is 0.783. The first-order chi connectivity index (χ1) is 16.8. The average Bonchev–Trinajstić information content (AvgIpc) is 3.22. The summed E-state index contributed by atoms with van der Waals surface area (Å²) < 4.78 is 3.37. The molecule has 9 heteroatoms. The van der Waals surface area contributed by atoms with E-state index in [9.17, 15) is 9.59 Å². The van der Waals surface area contributed by atoms with E-state index < -0.39 is 11.2 Å². The van der Waals surface area contributed by atoms with E-state index >= 15 is 0 Å². The smallest absolute Gasteiger partial charge is 0.329 e. The Labute approximate surface area is 208 Å². The van der Waals surface area contributed by atoms with Crippen LogP contribution in [-0.2, 0) is 20.1 Å². The molecule has 0 amide bonds. The number of imidazole rings is 1. The number of benzene rings is 2. The number of halogens is 1. The summed E-state index contributed by atoms with van der Waals surface area (Å²) in [6.07, 6.45) is 0. The highest BCUT2D eigenvalue weighted by atomic mass is 35.5. The lowest BCUT2D eigenvalue weighted by molar-refractivity contribution is 0.248. The molecule has 0 radical (unpaired) electrons. The van der Waals surface area contributed by atoms with E-state index in [0.29, 0.717) is 23.7 Å². The number of hydrogen-bond donors (Lipinski definition) is 1. The molecule has 1 N–H and O–H groups in total. The van der Waals surface area contributed by atoms with Gasteiger partial charge in [-0.15, -0.1) is 0 Å². The van der Waals surface area contributed by atoms with E-state index in [2.05, 4.69) is 52.9 Å². The molecule has 0 spiro atoms. The highest BCUT2D eigenvalue weighted by Gasteiger charge is 2.25. The largest absolute Gasteiger partial charge is 0.340 e. The second kappa shape index (κ2) is 9.36. The molecule has 2 aromatic heterocycles. The van der Waals surface area contributed by atoms with Gasteiger partial charge in [-0.2, -0.15) is 4.98 Å². The van der Waals surface area contributed by atoms with E-state index in [1.807, 2.05) is 22.8 Å². The van der Waals surface area contributed by atoms with Gasteiger partial charge in [0.05, 0.1) is 6.54 Å². The van der Waals surface area contributed by atoms with Crippen molar-refractivity contribution in [2.75, 3.05) is 31.1 Å². The Morgan fingerprint density at radius 1 is 0.971 bits per heavy atom. The molecule has 35 heavy (non-hydrogen) atoms. The minimum absolute atomic E-state index is 0.401. The Morgan fingerprint density at radius 3 is 2.46 bits per heavy atom. The van der Waals surface area contributed by atoms with Gasteiger partial charge in [-0.3, -0.25) is 23.8 Å². The monoisotopic (exact) mass is 492 g/mol.